The minimum atomic E-state index is -3.78. The lowest BCUT2D eigenvalue weighted by Gasteiger charge is -2.31. The molecule has 0 bridgehead atoms. The first kappa shape index (κ1) is 13.0. The molecule has 100 valence electrons. The van der Waals surface area contributed by atoms with Crippen molar-refractivity contribution in [1.29, 1.82) is 0 Å². The minimum Gasteiger partial charge on any atom is -0.480 e. The highest BCUT2D eigenvalue weighted by Gasteiger charge is 2.38. The summed E-state index contributed by atoms with van der Waals surface area (Å²) in [7, 11) is -3.78. The summed E-state index contributed by atoms with van der Waals surface area (Å²) in [6, 6.07) is -0.974. The predicted molar refractivity (Wildman–Crippen MR) is 62.5 cm³/mol. The van der Waals surface area contributed by atoms with Gasteiger partial charge in [0, 0.05) is 6.54 Å². The molecule has 1 saturated heterocycles. The van der Waals surface area contributed by atoms with Crippen LogP contribution in [0.3, 0.4) is 0 Å². The van der Waals surface area contributed by atoms with Crippen molar-refractivity contribution in [3.05, 3.63) is 11.9 Å². The Hall–Kier alpha value is -1.41. The highest BCUT2D eigenvalue weighted by atomic mass is 32.2. The molecule has 2 rings (SSSR count). The summed E-state index contributed by atoms with van der Waals surface area (Å²) in [6.07, 6.45) is 2.98. The predicted octanol–water partition coefficient (Wildman–Crippen LogP) is 0.346. The van der Waals surface area contributed by atoms with Gasteiger partial charge in [-0.25, -0.2) is 8.42 Å². The average Bonchev–Trinajstić information content (AvgIpc) is 2.76. The third-order valence-electron chi connectivity index (χ3n) is 3.11. The molecule has 8 heteroatoms. The normalized spacial score (nSPS) is 21.9. The number of carboxylic acid groups (broad SMARTS) is 1. The molecule has 0 amide bonds. The smallest absolute Gasteiger partial charge is 0.322 e. The van der Waals surface area contributed by atoms with Crippen LogP contribution in [0.25, 0.3) is 0 Å². The summed E-state index contributed by atoms with van der Waals surface area (Å²) in [6.45, 7) is 1.84. The van der Waals surface area contributed by atoms with Gasteiger partial charge in [0.25, 0.3) is 0 Å². The van der Waals surface area contributed by atoms with E-state index in [0.29, 0.717) is 18.5 Å². The number of hydrogen-bond acceptors (Lipinski definition) is 4. The van der Waals surface area contributed by atoms with Gasteiger partial charge in [-0.15, -0.1) is 0 Å². The molecule has 1 unspecified atom stereocenters. The molecule has 1 fully saturated rings. The fourth-order valence-electron chi connectivity index (χ4n) is 2.17. The molecule has 2 N–H and O–H groups in total. The summed E-state index contributed by atoms with van der Waals surface area (Å²) in [5.41, 5.74) is 0.421. The van der Waals surface area contributed by atoms with E-state index >= 15 is 0 Å². The summed E-state index contributed by atoms with van der Waals surface area (Å²) in [4.78, 5) is 11.2. The van der Waals surface area contributed by atoms with Crippen LogP contribution in [-0.2, 0) is 14.8 Å². The van der Waals surface area contributed by atoms with Crippen molar-refractivity contribution >= 4 is 16.0 Å². The highest BCUT2D eigenvalue weighted by Crippen LogP contribution is 2.26. The molecule has 1 atom stereocenters. The van der Waals surface area contributed by atoms with Gasteiger partial charge in [0.1, 0.15) is 10.9 Å². The van der Waals surface area contributed by atoms with Crippen LogP contribution in [0.4, 0.5) is 0 Å². The molecule has 0 aliphatic carbocycles. The van der Waals surface area contributed by atoms with Gasteiger partial charge < -0.3 is 5.11 Å². The number of aromatic amines is 1. The van der Waals surface area contributed by atoms with Gasteiger partial charge in [0.05, 0.1) is 11.9 Å². The van der Waals surface area contributed by atoms with E-state index in [1.165, 1.54) is 6.20 Å². The van der Waals surface area contributed by atoms with Crippen molar-refractivity contribution in [3.63, 3.8) is 0 Å². The van der Waals surface area contributed by atoms with Gasteiger partial charge in [-0.2, -0.15) is 9.40 Å². The van der Waals surface area contributed by atoms with E-state index < -0.39 is 22.0 Å². The Kier molecular flexibility index (Phi) is 3.40. The van der Waals surface area contributed by atoms with E-state index in [4.69, 9.17) is 5.11 Å². The molecule has 18 heavy (non-hydrogen) atoms. The first-order valence-corrected chi connectivity index (χ1v) is 7.13. The second kappa shape index (κ2) is 4.69. The van der Waals surface area contributed by atoms with Gasteiger partial charge >= 0.3 is 5.97 Å². The second-order valence-corrected chi connectivity index (χ2v) is 6.18. The molecule has 1 aromatic rings. The third kappa shape index (κ3) is 2.13. The van der Waals surface area contributed by atoms with Gasteiger partial charge in [-0.1, -0.05) is 0 Å². The summed E-state index contributed by atoms with van der Waals surface area (Å²) >= 11 is 0. The van der Waals surface area contributed by atoms with Gasteiger partial charge in [-0.05, 0) is 26.2 Å². The number of aliphatic carboxylic acids is 1. The Morgan fingerprint density at radius 3 is 2.83 bits per heavy atom. The summed E-state index contributed by atoms with van der Waals surface area (Å²) < 4.78 is 25.8. The van der Waals surface area contributed by atoms with Crippen molar-refractivity contribution in [1.82, 2.24) is 14.5 Å². The Bertz CT molecular complexity index is 551. The number of carbonyl (C=O) groups is 1. The highest BCUT2D eigenvalue weighted by molar-refractivity contribution is 7.89. The maximum Gasteiger partial charge on any atom is 0.322 e. The molecule has 0 radical (unpaired) electrons. The van der Waals surface area contributed by atoms with E-state index in [2.05, 4.69) is 10.2 Å². The first-order valence-electron chi connectivity index (χ1n) is 5.69. The maximum atomic E-state index is 12.4. The number of rotatable bonds is 3. The third-order valence-corrected chi connectivity index (χ3v) is 5.13. The van der Waals surface area contributed by atoms with Crippen molar-refractivity contribution in [2.24, 2.45) is 0 Å². The number of H-pyrrole nitrogens is 1. The summed E-state index contributed by atoms with van der Waals surface area (Å²) in [5.74, 6) is -1.10. The zero-order chi connectivity index (χ0) is 13.3. The fraction of sp³-hybridized carbons (Fsp3) is 0.600. The van der Waals surface area contributed by atoms with Crippen LogP contribution in [0.15, 0.2) is 11.1 Å². The van der Waals surface area contributed by atoms with E-state index in [1.807, 2.05) is 0 Å². The van der Waals surface area contributed by atoms with Crippen molar-refractivity contribution in [2.75, 3.05) is 6.54 Å². The van der Waals surface area contributed by atoms with Gasteiger partial charge in [0.15, 0.2) is 0 Å². The number of nitrogens with one attached hydrogen (secondary N) is 1. The number of piperidine rings is 1. The molecular weight excluding hydrogens is 258 g/mol. The Morgan fingerprint density at radius 2 is 2.28 bits per heavy atom. The zero-order valence-electron chi connectivity index (χ0n) is 9.96. The standard InChI is InChI=1S/C10H15N3O4S/c1-7-9(6-11-12-7)18(16,17)13-5-3-2-4-8(13)10(14)15/h6,8H,2-5H2,1H3,(H,11,12)(H,14,15). The lowest BCUT2D eigenvalue weighted by molar-refractivity contribution is -0.142. The number of aromatic nitrogens is 2. The molecule has 0 aromatic carbocycles. The number of aryl methyl sites for hydroxylation is 1. The molecular formula is C10H15N3O4S. The fourth-order valence-corrected chi connectivity index (χ4v) is 3.94. The largest absolute Gasteiger partial charge is 0.480 e. The summed E-state index contributed by atoms with van der Waals surface area (Å²) in [5, 5.41) is 15.3. The van der Waals surface area contributed by atoms with Gasteiger partial charge in [0.2, 0.25) is 10.0 Å². The monoisotopic (exact) mass is 273 g/mol. The Morgan fingerprint density at radius 1 is 1.56 bits per heavy atom. The molecule has 2 heterocycles. The number of nitrogens with zero attached hydrogens (tertiary/aromatic N) is 2. The molecule has 7 nitrogen and oxygen atoms in total. The van der Waals surface area contributed by atoms with Crippen LogP contribution in [0.5, 0.6) is 0 Å². The zero-order valence-corrected chi connectivity index (χ0v) is 10.8. The second-order valence-electron chi connectivity index (χ2n) is 4.32. The minimum absolute atomic E-state index is 0.0515. The van der Waals surface area contributed by atoms with Crippen molar-refractivity contribution in [2.45, 2.75) is 37.1 Å². The maximum absolute atomic E-state index is 12.4. The van der Waals surface area contributed by atoms with Crippen LogP contribution in [0.2, 0.25) is 0 Å². The van der Waals surface area contributed by atoms with Crippen LogP contribution in [-0.4, -0.2) is 46.6 Å². The Labute approximate surface area is 105 Å². The van der Waals surface area contributed by atoms with E-state index in [9.17, 15) is 13.2 Å². The van der Waals surface area contributed by atoms with Crippen LogP contribution < -0.4 is 0 Å². The number of carboxylic acids is 1. The molecule has 1 aromatic heterocycles. The number of sulfonamides is 1. The lowest BCUT2D eigenvalue weighted by Crippen LogP contribution is -2.47. The van der Waals surface area contributed by atoms with Crippen LogP contribution in [0.1, 0.15) is 25.0 Å². The van der Waals surface area contributed by atoms with Gasteiger partial charge in [-0.3, -0.25) is 9.89 Å². The van der Waals surface area contributed by atoms with Crippen LogP contribution in [0, 0.1) is 6.92 Å². The first-order chi connectivity index (χ1) is 8.44. The number of hydrogen-bond donors (Lipinski definition) is 2. The van der Waals surface area contributed by atoms with E-state index in [-0.39, 0.29) is 11.4 Å². The van der Waals surface area contributed by atoms with E-state index in [1.54, 1.807) is 6.92 Å². The quantitative estimate of drug-likeness (QED) is 0.826. The van der Waals surface area contributed by atoms with Crippen molar-refractivity contribution < 1.29 is 18.3 Å². The van der Waals surface area contributed by atoms with Crippen LogP contribution >= 0.6 is 0 Å². The average molecular weight is 273 g/mol. The molecule has 1 aliphatic rings. The molecule has 0 saturated carbocycles. The molecule has 1 aliphatic heterocycles. The Balaban J connectivity index is 2.39. The SMILES string of the molecule is Cc1[nH]ncc1S(=O)(=O)N1CCCCC1C(=O)O. The topological polar surface area (TPSA) is 103 Å². The molecule has 0 spiro atoms. The van der Waals surface area contributed by atoms with E-state index in [0.717, 1.165) is 10.7 Å². The van der Waals surface area contributed by atoms with Crippen molar-refractivity contribution in [3.8, 4) is 0 Å². The lowest BCUT2D eigenvalue weighted by atomic mass is 10.1.